The topological polar surface area (TPSA) is 35.0 Å². The minimum absolute atomic E-state index is 0.106. The van der Waals surface area contributed by atoms with E-state index in [1.807, 2.05) is 24.5 Å². The van der Waals surface area contributed by atoms with Gasteiger partial charge in [-0.2, -0.15) is 0 Å². The van der Waals surface area contributed by atoms with Crippen LogP contribution in [-0.2, 0) is 0 Å². The van der Waals surface area contributed by atoms with Gasteiger partial charge in [-0.25, -0.2) is 0 Å². The normalized spacial score (nSPS) is 13.1. The van der Waals surface area contributed by atoms with Crippen LogP contribution in [-0.4, -0.2) is 9.97 Å². The highest BCUT2D eigenvalue weighted by atomic mass is 16.5. The second-order valence-corrected chi connectivity index (χ2v) is 7.05. The first-order chi connectivity index (χ1) is 13.9. The highest BCUT2D eigenvalue weighted by Crippen LogP contribution is 2.51. The quantitative estimate of drug-likeness (QED) is 0.357. The number of pyridine rings is 2. The SMILES string of the molecule is c1ccc(C2c3ccc4ncccc4c3Oc3c2ccc2ncccc32)cc1. The van der Waals surface area contributed by atoms with E-state index >= 15 is 0 Å². The molecule has 0 saturated carbocycles. The van der Waals surface area contributed by atoms with Crippen LogP contribution in [0.3, 0.4) is 0 Å². The third-order valence-electron chi connectivity index (χ3n) is 5.49. The molecule has 132 valence electrons. The Morgan fingerprint density at radius 3 is 1.71 bits per heavy atom. The summed E-state index contributed by atoms with van der Waals surface area (Å²) in [4.78, 5) is 9.03. The second kappa shape index (κ2) is 5.89. The minimum Gasteiger partial charge on any atom is -0.455 e. The third-order valence-corrected chi connectivity index (χ3v) is 5.49. The summed E-state index contributed by atoms with van der Waals surface area (Å²) in [6.07, 6.45) is 3.64. The van der Waals surface area contributed by atoms with Crippen molar-refractivity contribution < 1.29 is 4.74 Å². The summed E-state index contributed by atoms with van der Waals surface area (Å²) >= 11 is 0. The van der Waals surface area contributed by atoms with Crippen molar-refractivity contribution in [2.45, 2.75) is 5.92 Å². The van der Waals surface area contributed by atoms with E-state index in [9.17, 15) is 0 Å². The van der Waals surface area contributed by atoms with Crippen LogP contribution in [0.25, 0.3) is 21.8 Å². The minimum atomic E-state index is 0.106. The predicted octanol–water partition coefficient (Wildman–Crippen LogP) is 6.07. The first-order valence-corrected chi connectivity index (χ1v) is 9.38. The monoisotopic (exact) mass is 360 g/mol. The van der Waals surface area contributed by atoms with Gasteiger partial charge < -0.3 is 4.74 Å². The number of aromatic nitrogens is 2. The molecule has 3 heterocycles. The van der Waals surface area contributed by atoms with E-state index < -0.39 is 0 Å². The molecule has 2 aromatic heterocycles. The number of hydrogen-bond acceptors (Lipinski definition) is 3. The molecule has 0 unspecified atom stereocenters. The molecule has 0 spiro atoms. The van der Waals surface area contributed by atoms with Gasteiger partial charge in [-0.1, -0.05) is 42.5 Å². The van der Waals surface area contributed by atoms with E-state index in [0.29, 0.717) is 0 Å². The maximum absolute atomic E-state index is 6.58. The summed E-state index contributed by atoms with van der Waals surface area (Å²) in [6, 6.07) is 27.2. The first-order valence-electron chi connectivity index (χ1n) is 9.38. The Hall–Kier alpha value is -3.72. The van der Waals surface area contributed by atoms with Crippen molar-refractivity contribution in [2.75, 3.05) is 0 Å². The van der Waals surface area contributed by atoms with Gasteiger partial charge in [-0.15, -0.1) is 0 Å². The van der Waals surface area contributed by atoms with Gasteiger partial charge in [0.1, 0.15) is 11.5 Å². The molecule has 0 N–H and O–H groups in total. The molecule has 6 rings (SSSR count). The van der Waals surface area contributed by atoms with E-state index in [0.717, 1.165) is 33.3 Å². The Bertz CT molecular complexity index is 1260. The number of hydrogen-bond donors (Lipinski definition) is 0. The lowest BCUT2D eigenvalue weighted by atomic mass is 9.81. The molecule has 0 saturated heterocycles. The summed E-state index contributed by atoms with van der Waals surface area (Å²) in [5.41, 5.74) is 5.47. The lowest BCUT2D eigenvalue weighted by Gasteiger charge is -2.30. The highest BCUT2D eigenvalue weighted by Gasteiger charge is 2.31. The van der Waals surface area contributed by atoms with Crippen LogP contribution >= 0.6 is 0 Å². The standard InChI is InChI=1S/C25H16N2O/c1-2-6-16(7-3-1)23-19-10-12-21-17(8-4-14-26-21)24(19)28-25-18-9-5-15-27-22(18)13-11-20(23)25/h1-15,23H. The average molecular weight is 360 g/mol. The Kier molecular flexibility index (Phi) is 3.23. The van der Waals surface area contributed by atoms with Crippen molar-refractivity contribution >= 4 is 21.8 Å². The average Bonchev–Trinajstić information content (AvgIpc) is 2.78. The lowest BCUT2D eigenvalue weighted by molar-refractivity contribution is 0.464. The number of ether oxygens (including phenoxy) is 1. The maximum atomic E-state index is 6.58. The van der Waals surface area contributed by atoms with Gasteiger partial charge in [0, 0.05) is 40.2 Å². The van der Waals surface area contributed by atoms with Crippen LogP contribution < -0.4 is 4.74 Å². The molecule has 3 aromatic carbocycles. The summed E-state index contributed by atoms with van der Waals surface area (Å²) in [6.45, 7) is 0. The van der Waals surface area contributed by atoms with Gasteiger partial charge in [0.25, 0.3) is 0 Å². The molecule has 1 aliphatic heterocycles. The van der Waals surface area contributed by atoms with E-state index in [1.165, 1.54) is 16.7 Å². The molecule has 0 atom stereocenters. The molecule has 3 nitrogen and oxygen atoms in total. The first kappa shape index (κ1) is 15.3. The Morgan fingerprint density at radius 2 is 1.14 bits per heavy atom. The maximum Gasteiger partial charge on any atom is 0.141 e. The number of nitrogens with zero attached hydrogens (tertiary/aromatic N) is 2. The van der Waals surface area contributed by atoms with Gasteiger partial charge in [0.15, 0.2) is 0 Å². The fourth-order valence-corrected chi connectivity index (χ4v) is 4.24. The van der Waals surface area contributed by atoms with Gasteiger partial charge in [-0.3, -0.25) is 9.97 Å². The van der Waals surface area contributed by atoms with Crippen molar-refractivity contribution in [1.82, 2.24) is 9.97 Å². The number of fused-ring (bicyclic) bond motifs is 6. The fraction of sp³-hybridized carbons (Fsp3) is 0.0400. The van der Waals surface area contributed by atoms with Crippen molar-refractivity contribution in [3.8, 4) is 11.5 Å². The van der Waals surface area contributed by atoms with Gasteiger partial charge in [0.05, 0.1) is 11.0 Å². The Morgan fingerprint density at radius 1 is 0.571 bits per heavy atom. The van der Waals surface area contributed by atoms with E-state index in [1.54, 1.807) is 0 Å². The van der Waals surface area contributed by atoms with Crippen LogP contribution in [0.4, 0.5) is 0 Å². The molecule has 5 aromatic rings. The molecule has 1 aliphatic rings. The summed E-state index contributed by atoms with van der Waals surface area (Å²) in [5, 5.41) is 2.07. The zero-order chi connectivity index (χ0) is 18.5. The van der Waals surface area contributed by atoms with Crippen molar-refractivity contribution in [2.24, 2.45) is 0 Å². The van der Waals surface area contributed by atoms with E-state index in [4.69, 9.17) is 4.74 Å². The second-order valence-electron chi connectivity index (χ2n) is 7.05. The van der Waals surface area contributed by atoms with Crippen LogP contribution in [0.2, 0.25) is 0 Å². The number of benzene rings is 3. The largest absolute Gasteiger partial charge is 0.455 e. The molecule has 0 aliphatic carbocycles. The van der Waals surface area contributed by atoms with Crippen molar-refractivity contribution in [3.05, 3.63) is 108 Å². The van der Waals surface area contributed by atoms with Gasteiger partial charge >= 0.3 is 0 Å². The number of rotatable bonds is 1. The molecule has 0 fully saturated rings. The van der Waals surface area contributed by atoms with Crippen molar-refractivity contribution in [3.63, 3.8) is 0 Å². The van der Waals surface area contributed by atoms with E-state index in [2.05, 4.69) is 76.7 Å². The predicted molar refractivity (Wildman–Crippen MR) is 111 cm³/mol. The highest BCUT2D eigenvalue weighted by molar-refractivity contribution is 5.92. The summed E-state index contributed by atoms with van der Waals surface area (Å²) < 4.78 is 6.58. The third kappa shape index (κ3) is 2.16. The van der Waals surface area contributed by atoms with Crippen LogP contribution in [0.1, 0.15) is 22.6 Å². The molecule has 0 radical (unpaired) electrons. The van der Waals surface area contributed by atoms with E-state index in [-0.39, 0.29) is 5.92 Å². The Labute approximate surface area is 162 Å². The smallest absolute Gasteiger partial charge is 0.141 e. The van der Waals surface area contributed by atoms with Gasteiger partial charge in [0.2, 0.25) is 0 Å². The molecule has 0 bridgehead atoms. The zero-order valence-corrected chi connectivity index (χ0v) is 15.0. The van der Waals surface area contributed by atoms with Crippen molar-refractivity contribution in [1.29, 1.82) is 0 Å². The molecule has 28 heavy (non-hydrogen) atoms. The fourth-order valence-electron chi connectivity index (χ4n) is 4.24. The van der Waals surface area contributed by atoms with Crippen LogP contribution in [0.15, 0.2) is 91.3 Å². The lowest BCUT2D eigenvalue weighted by Crippen LogP contribution is -2.12. The van der Waals surface area contributed by atoms with Crippen LogP contribution in [0.5, 0.6) is 11.5 Å². The molecular weight excluding hydrogens is 344 g/mol. The molecule has 3 heteroatoms. The zero-order valence-electron chi connectivity index (χ0n) is 15.0. The summed E-state index contributed by atoms with van der Waals surface area (Å²) in [5.74, 6) is 1.89. The summed E-state index contributed by atoms with van der Waals surface area (Å²) in [7, 11) is 0. The van der Waals surface area contributed by atoms with Crippen LogP contribution in [0, 0.1) is 0 Å². The Balaban J connectivity index is 1.72. The molecule has 0 amide bonds. The van der Waals surface area contributed by atoms with Gasteiger partial charge in [-0.05, 0) is 42.0 Å². The molecular formula is C25H16N2O.